The molecule has 2 rings (SSSR count). The highest BCUT2D eigenvalue weighted by molar-refractivity contribution is 7.89. The molecule has 0 aromatic heterocycles. The van der Waals surface area contributed by atoms with Crippen molar-refractivity contribution in [3.8, 4) is 11.1 Å². The van der Waals surface area contributed by atoms with Gasteiger partial charge in [0.2, 0.25) is 5.91 Å². The van der Waals surface area contributed by atoms with Gasteiger partial charge in [0.1, 0.15) is 0 Å². The summed E-state index contributed by atoms with van der Waals surface area (Å²) >= 11 is 0. The van der Waals surface area contributed by atoms with E-state index in [1.165, 1.54) is 19.1 Å². The fourth-order valence-electron chi connectivity index (χ4n) is 1.66. The zero-order chi connectivity index (χ0) is 14.6. The van der Waals surface area contributed by atoms with Crippen molar-refractivity contribution in [2.45, 2.75) is 11.8 Å². The number of benzene rings is 2. The first-order chi connectivity index (χ1) is 9.49. The highest BCUT2D eigenvalue weighted by Gasteiger charge is 2.13. The summed E-state index contributed by atoms with van der Waals surface area (Å²) in [5.74, 6) is -0.477. The van der Waals surface area contributed by atoms with Crippen molar-refractivity contribution < 1.29 is 13.2 Å². The third-order valence-electron chi connectivity index (χ3n) is 2.63. The molecule has 0 aliphatic rings. The van der Waals surface area contributed by atoms with E-state index in [2.05, 4.69) is 5.43 Å². The van der Waals surface area contributed by atoms with E-state index < -0.39 is 15.9 Å². The summed E-state index contributed by atoms with van der Waals surface area (Å²) in [7, 11) is -3.74. The molecule has 1 amide bonds. The molecule has 0 saturated heterocycles. The SMILES string of the molecule is CC(=O)NNS(=O)(=O)c1ccc(-c2ccccc2)cc1. The molecule has 2 aromatic carbocycles. The summed E-state index contributed by atoms with van der Waals surface area (Å²) in [5.41, 5.74) is 3.98. The second-order valence-electron chi connectivity index (χ2n) is 4.18. The largest absolute Gasteiger partial charge is 0.278 e. The first-order valence-corrected chi connectivity index (χ1v) is 7.41. The van der Waals surface area contributed by atoms with Crippen molar-refractivity contribution in [1.82, 2.24) is 10.3 Å². The minimum absolute atomic E-state index is 0.0888. The summed E-state index contributed by atoms with van der Waals surface area (Å²) in [5, 5.41) is 0. The van der Waals surface area contributed by atoms with Gasteiger partial charge in [-0.15, -0.1) is 4.83 Å². The van der Waals surface area contributed by atoms with Crippen LogP contribution in [0.5, 0.6) is 0 Å². The van der Waals surface area contributed by atoms with Crippen LogP contribution in [0.15, 0.2) is 59.5 Å². The van der Waals surface area contributed by atoms with Gasteiger partial charge in [-0.3, -0.25) is 10.2 Å². The number of amides is 1. The Hall–Kier alpha value is -2.18. The first kappa shape index (κ1) is 14.2. The number of sulfonamides is 1. The zero-order valence-electron chi connectivity index (χ0n) is 10.8. The molecule has 2 N–H and O–H groups in total. The Morgan fingerprint density at radius 3 is 2.00 bits per heavy atom. The summed E-state index contributed by atoms with van der Waals surface area (Å²) in [6.07, 6.45) is 0. The number of hydrogen-bond donors (Lipinski definition) is 2. The average Bonchev–Trinajstić information content (AvgIpc) is 2.46. The van der Waals surface area contributed by atoms with Crippen molar-refractivity contribution in [2.24, 2.45) is 0 Å². The average molecular weight is 290 g/mol. The Labute approximate surface area is 117 Å². The van der Waals surface area contributed by atoms with Crippen molar-refractivity contribution in [3.05, 3.63) is 54.6 Å². The molecule has 0 fully saturated rings. The smallest absolute Gasteiger partial charge is 0.257 e. The molecule has 20 heavy (non-hydrogen) atoms. The minimum Gasteiger partial charge on any atom is -0.278 e. The van der Waals surface area contributed by atoms with Crippen molar-refractivity contribution in [3.63, 3.8) is 0 Å². The highest BCUT2D eigenvalue weighted by atomic mass is 32.2. The summed E-state index contributed by atoms with van der Waals surface area (Å²) in [4.78, 5) is 12.8. The van der Waals surface area contributed by atoms with Gasteiger partial charge < -0.3 is 0 Å². The predicted molar refractivity (Wildman–Crippen MR) is 76.0 cm³/mol. The van der Waals surface area contributed by atoms with Crippen LogP contribution in [0, 0.1) is 0 Å². The fraction of sp³-hybridized carbons (Fsp3) is 0.0714. The third-order valence-corrected chi connectivity index (χ3v) is 3.90. The van der Waals surface area contributed by atoms with Crippen molar-refractivity contribution in [1.29, 1.82) is 0 Å². The summed E-state index contributed by atoms with van der Waals surface area (Å²) in [6.45, 7) is 1.22. The van der Waals surface area contributed by atoms with Gasteiger partial charge in [0.25, 0.3) is 10.0 Å². The maximum atomic E-state index is 11.9. The van der Waals surface area contributed by atoms with Crippen LogP contribution in [-0.4, -0.2) is 14.3 Å². The first-order valence-electron chi connectivity index (χ1n) is 5.93. The fourth-order valence-corrected chi connectivity index (χ4v) is 2.55. The number of hydrogen-bond acceptors (Lipinski definition) is 3. The van der Waals surface area contributed by atoms with Crippen molar-refractivity contribution in [2.75, 3.05) is 0 Å². The minimum atomic E-state index is -3.74. The topological polar surface area (TPSA) is 75.3 Å². The number of hydrazine groups is 1. The molecule has 0 heterocycles. The van der Waals surface area contributed by atoms with Crippen LogP contribution in [0.2, 0.25) is 0 Å². The summed E-state index contributed by atoms with van der Waals surface area (Å²) in [6, 6.07) is 16.1. The Morgan fingerprint density at radius 2 is 1.45 bits per heavy atom. The van der Waals surface area contributed by atoms with Crippen LogP contribution in [0.4, 0.5) is 0 Å². The third kappa shape index (κ3) is 3.43. The Kier molecular flexibility index (Phi) is 4.16. The van der Waals surface area contributed by atoms with Crippen LogP contribution in [-0.2, 0) is 14.8 Å². The number of carbonyl (C=O) groups is 1. The van der Waals surface area contributed by atoms with Gasteiger partial charge in [-0.25, -0.2) is 8.42 Å². The van der Waals surface area contributed by atoms with Crippen molar-refractivity contribution >= 4 is 15.9 Å². The Morgan fingerprint density at radius 1 is 0.900 bits per heavy atom. The highest BCUT2D eigenvalue weighted by Crippen LogP contribution is 2.20. The molecule has 104 valence electrons. The van der Waals surface area contributed by atoms with Gasteiger partial charge in [-0.2, -0.15) is 0 Å². The lowest BCUT2D eigenvalue weighted by Gasteiger charge is -2.07. The molecule has 0 aliphatic carbocycles. The van der Waals surface area contributed by atoms with E-state index in [0.717, 1.165) is 11.1 Å². The van der Waals surface area contributed by atoms with E-state index in [1.807, 2.05) is 35.2 Å². The molecule has 0 unspecified atom stereocenters. The Balaban J connectivity index is 2.22. The van der Waals surface area contributed by atoms with Crippen LogP contribution in [0.25, 0.3) is 11.1 Å². The number of rotatable bonds is 4. The molecule has 2 aromatic rings. The quantitative estimate of drug-likeness (QED) is 0.841. The van der Waals surface area contributed by atoms with Gasteiger partial charge >= 0.3 is 0 Å². The van der Waals surface area contributed by atoms with Crippen LogP contribution >= 0.6 is 0 Å². The predicted octanol–water partition coefficient (Wildman–Crippen LogP) is 1.68. The normalized spacial score (nSPS) is 11.1. The lowest BCUT2D eigenvalue weighted by molar-refractivity contribution is -0.119. The van der Waals surface area contributed by atoms with E-state index in [4.69, 9.17) is 0 Å². The maximum Gasteiger partial charge on any atom is 0.257 e. The molecular formula is C14H14N2O3S. The van der Waals surface area contributed by atoms with E-state index in [-0.39, 0.29) is 4.90 Å². The van der Waals surface area contributed by atoms with Crippen LogP contribution in [0.1, 0.15) is 6.92 Å². The maximum absolute atomic E-state index is 11.9. The van der Waals surface area contributed by atoms with Crippen LogP contribution in [0.3, 0.4) is 0 Å². The lowest BCUT2D eigenvalue weighted by atomic mass is 10.1. The van der Waals surface area contributed by atoms with E-state index in [1.54, 1.807) is 12.1 Å². The van der Waals surface area contributed by atoms with Gasteiger partial charge in [-0.1, -0.05) is 42.5 Å². The molecular weight excluding hydrogens is 276 g/mol. The molecule has 0 radical (unpaired) electrons. The molecule has 0 aliphatic heterocycles. The van der Waals surface area contributed by atoms with Gasteiger partial charge in [-0.05, 0) is 23.3 Å². The van der Waals surface area contributed by atoms with E-state index >= 15 is 0 Å². The van der Waals surface area contributed by atoms with Gasteiger partial charge in [0, 0.05) is 6.92 Å². The second-order valence-corrected chi connectivity index (χ2v) is 5.86. The molecule has 6 heteroatoms. The number of nitrogens with one attached hydrogen (secondary N) is 2. The Bertz CT molecular complexity index is 695. The monoisotopic (exact) mass is 290 g/mol. The van der Waals surface area contributed by atoms with E-state index in [9.17, 15) is 13.2 Å². The zero-order valence-corrected chi connectivity index (χ0v) is 11.6. The second kappa shape index (κ2) is 5.85. The van der Waals surface area contributed by atoms with Gasteiger partial charge in [0.15, 0.2) is 0 Å². The standard InChI is InChI=1S/C14H14N2O3S/c1-11(17)15-16-20(18,19)14-9-7-13(8-10-14)12-5-3-2-4-6-12/h2-10,16H,1H3,(H,15,17). The molecule has 0 bridgehead atoms. The summed E-state index contributed by atoms with van der Waals surface area (Å²) < 4.78 is 23.7. The van der Waals surface area contributed by atoms with Crippen LogP contribution < -0.4 is 10.3 Å². The lowest BCUT2D eigenvalue weighted by Crippen LogP contribution is -2.40. The molecule has 0 atom stereocenters. The molecule has 5 nitrogen and oxygen atoms in total. The number of carbonyl (C=O) groups excluding carboxylic acids is 1. The molecule has 0 saturated carbocycles. The molecule has 0 spiro atoms. The van der Waals surface area contributed by atoms with Gasteiger partial charge in [0.05, 0.1) is 4.90 Å². The van der Waals surface area contributed by atoms with E-state index in [0.29, 0.717) is 0 Å².